The van der Waals surface area contributed by atoms with Crippen molar-refractivity contribution >= 4 is 12.6 Å². The van der Waals surface area contributed by atoms with Gasteiger partial charge in [0.2, 0.25) is 0 Å². The number of hydrogen-bond donors (Lipinski definition) is 4. The van der Waals surface area contributed by atoms with Crippen LogP contribution in [0.4, 0.5) is 0 Å². The van der Waals surface area contributed by atoms with Crippen molar-refractivity contribution in [3.05, 3.63) is 0 Å². The van der Waals surface area contributed by atoms with Gasteiger partial charge in [0.25, 0.3) is 0 Å². The third-order valence-electron chi connectivity index (χ3n) is 1.42. The summed E-state index contributed by atoms with van der Waals surface area (Å²) in [4.78, 5) is 9.71. The van der Waals surface area contributed by atoms with Gasteiger partial charge in [0.15, 0.2) is 0 Å². The molecule has 0 spiro atoms. The smallest absolute Gasteiger partial charge is 0.0721 e. The van der Waals surface area contributed by atoms with Crippen LogP contribution >= 0.6 is 12.6 Å². The SMILES string of the molecule is CCONOCCCNCCCN.CCS. The maximum atomic E-state index is 5.33. The molecule has 4 N–H and O–H groups in total. The standard InChI is InChI=1S/C8H21N3O2.C2H6S/c1-2-12-11-13-8-4-7-10-6-3-5-9;1-2-3/h10-11H,2-9H2,1H3;3H,2H2,1H3. The molecular formula is C10H27N3O2S. The lowest BCUT2D eigenvalue weighted by Gasteiger charge is -2.05. The predicted octanol–water partition coefficient (Wildman–Crippen LogP) is 0.724. The van der Waals surface area contributed by atoms with E-state index in [2.05, 4.69) is 23.6 Å². The Labute approximate surface area is 105 Å². The van der Waals surface area contributed by atoms with Crippen molar-refractivity contribution in [3.8, 4) is 0 Å². The minimum atomic E-state index is 0.606. The number of rotatable bonds is 10. The number of thiol groups is 1. The Bertz CT molecular complexity index is 100. The minimum Gasteiger partial charge on any atom is -0.330 e. The van der Waals surface area contributed by atoms with Gasteiger partial charge in [0.1, 0.15) is 0 Å². The molecule has 5 nitrogen and oxygen atoms in total. The van der Waals surface area contributed by atoms with Crippen LogP contribution in [0.5, 0.6) is 0 Å². The van der Waals surface area contributed by atoms with E-state index >= 15 is 0 Å². The van der Waals surface area contributed by atoms with E-state index in [1.165, 1.54) is 0 Å². The van der Waals surface area contributed by atoms with Crippen molar-refractivity contribution in [3.63, 3.8) is 0 Å². The van der Waals surface area contributed by atoms with Crippen LogP contribution in [-0.4, -0.2) is 38.6 Å². The molecule has 0 aliphatic carbocycles. The molecule has 0 aliphatic rings. The van der Waals surface area contributed by atoms with Crippen molar-refractivity contribution in [2.75, 3.05) is 38.6 Å². The monoisotopic (exact) mass is 253 g/mol. The molecule has 0 saturated heterocycles. The summed E-state index contributed by atoms with van der Waals surface area (Å²) in [5, 5.41) is 3.25. The molecule has 0 radical (unpaired) electrons. The Morgan fingerprint density at radius 1 is 1.12 bits per heavy atom. The molecule has 0 amide bonds. The second-order valence-electron chi connectivity index (χ2n) is 2.93. The Morgan fingerprint density at radius 3 is 2.31 bits per heavy atom. The molecule has 0 aromatic heterocycles. The molecule has 0 heterocycles. The lowest BCUT2D eigenvalue weighted by atomic mass is 10.4. The van der Waals surface area contributed by atoms with Gasteiger partial charge in [-0.3, -0.25) is 9.68 Å². The topological polar surface area (TPSA) is 68.5 Å². The van der Waals surface area contributed by atoms with E-state index in [0.29, 0.717) is 13.2 Å². The fourth-order valence-corrected chi connectivity index (χ4v) is 0.764. The molecule has 0 bridgehead atoms. The van der Waals surface area contributed by atoms with Crippen LogP contribution in [0.1, 0.15) is 26.7 Å². The van der Waals surface area contributed by atoms with Crippen molar-refractivity contribution in [2.45, 2.75) is 26.7 Å². The zero-order chi connectivity index (χ0) is 12.5. The molecule has 0 aliphatic heterocycles. The van der Waals surface area contributed by atoms with Gasteiger partial charge < -0.3 is 11.1 Å². The average Bonchev–Trinajstić information content (AvgIpc) is 2.28. The van der Waals surface area contributed by atoms with E-state index in [0.717, 1.165) is 38.2 Å². The second-order valence-corrected chi connectivity index (χ2v) is 3.56. The highest BCUT2D eigenvalue weighted by Crippen LogP contribution is 1.78. The first-order valence-corrected chi connectivity index (χ1v) is 6.46. The molecule has 6 heteroatoms. The summed E-state index contributed by atoms with van der Waals surface area (Å²) < 4.78 is 0. The van der Waals surface area contributed by atoms with Gasteiger partial charge in [-0.15, -0.1) is 0 Å². The molecule has 0 atom stereocenters. The summed E-state index contributed by atoms with van der Waals surface area (Å²) in [6.45, 7) is 7.82. The summed E-state index contributed by atoms with van der Waals surface area (Å²) in [5.74, 6) is 0.944. The highest BCUT2D eigenvalue weighted by atomic mass is 32.1. The van der Waals surface area contributed by atoms with Crippen molar-refractivity contribution in [1.82, 2.24) is 11.0 Å². The van der Waals surface area contributed by atoms with Crippen LogP contribution in [0.3, 0.4) is 0 Å². The lowest BCUT2D eigenvalue weighted by molar-refractivity contribution is -0.167. The molecule has 0 saturated carbocycles. The zero-order valence-electron chi connectivity index (χ0n) is 10.5. The number of nitrogens with two attached hydrogens (primary N) is 1. The second kappa shape index (κ2) is 20.5. The summed E-state index contributed by atoms with van der Waals surface area (Å²) in [6, 6.07) is 0. The highest BCUT2D eigenvalue weighted by Gasteiger charge is 1.88. The predicted molar refractivity (Wildman–Crippen MR) is 71.4 cm³/mol. The molecule has 16 heavy (non-hydrogen) atoms. The molecule has 0 fully saturated rings. The van der Waals surface area contributed by atoms with E-state index in [1.807, 2.05) is 13.8 Å². The van der Waals surface area contributed by atoms with E-state index in [1.54, 1.807) is 0 Å². The van der Waals surface area contributed by atoms with Crippen LogP contribution < -0.4 is 16.7 Å². The fraction of sp³-hybridized carbons (Fsp3) is 1.00. The van der Waals surface area contributed by atoms with Crippen LogP contribution in [0, 0.1) is 0 Å². The zero-order valence-corrected chi connectivity index (χ0v) is 11.4. The van der Waals surface area contributed by atoms with Crippen LogP contribution in [0.25, 0.3) is 0 Å². The van der Waals surface area contributed by atoms with Gasteiger partial charge in [0, 0.05) is 0 Å². The molecule has 0 aromatic rings. The summed E-state index contributed by atoms with van der Waals surface area (Å²) in [7, 11) is 0. The fourth-order valence-electron chi connectivity index (χ4n) is 0.764. The normalized spacial score (nSPS) is 9.75. The van der Waals surface area contributed by atoms with Gasteiger partial charge in [-0.1, -0.05) is 12.6 Å². The van der Waals surface area contributed by atoms with Crippen molar-refractivity contribution < 1.29 is 9.68 Å². The van der Waals surface area contributed by atoms with Crippen LogP contribution in [0.2, 0.25) is 0 Å². The van der Waals surface area contributed by atoms with Gasteiger partial charge in [-0.2, -0.15) is 12.6 Å². The first-order valence-electron chi connectivity index (χ1n) is 5.83. The third kappa shape index (κ3) is 23.8. The van der Waals surface area contributed by atoms with E-state index in [4.69, 9.17) is 15.4 Å². The number of nitrogens with one attached hydrogen (secondary N) is 2. The van der Waals surface area contributed by atoms with Crippen LogP contribution in [0.15, 0.2) is 0 Å². The quantitative estimate of drug-likeness (QED) is 0.262. The average molecular weight is 253 g/mol. The first-order chi connectivity index (χ1) is 7.83. The van der Waals surface area contributed by atoms with Gasteiger partial charge in [0.05, 0.1) is 13.2 Å². The third-order valence-corrected chi connectivity index (χ3v) is 1.42. The minimum absolute atomic E-state index is 0.606. The Kier molecular flexibility index (Phi) is 23.8. The highest BCUT2D eigenvalue weighted by molar-refractivity contribution is 7.80. The summed E-state index contributed by atoms with van der Waals surface area (Å²) in [6.07, 6.45) is 1.99. The molecule has 0 rings (SSSR count). The Morgan fingerprint density at radius 2 is 1.75 bits per heavy atom. The molecule has 0 aromatic carbocycles. The molecular weight excluding hydrogens is 226 g/mol. The van der Waals surface area contributed by atoms with E-state index in [-0.39, 0.29) is 0 Å². The Hall–Kier alpha value is 0.150. The van der Waals surface area contributed by atoms with Gasteiger partial charge >= 0.3 is 0 Å². The van der Waals surface area contributed by atoms with Crippen molar-refractivity contribution in [1.29, 1.82) is 0 Å². The summed E-state index contributed by atoms with van der Waals surface area (Å²) >= 11 is 3.79. The van der Waals surface area contributed by atoms with E-state index in [9.17, 15) is 0 Å². The number of hydrogen-bond acceptors (Lipinski definition) is 6. The first kappa shape index (κ1) is 18.5. The van der Waals surface area contributed by atoms with Crippen molar-refractivity contribution in [2.24, 2.45) is 5.73 Å². The molecule has 0 unspecified atom stereocenters. The largest absolute Gasteiger partial charge is 0.330 e. The maximum absolute atomic E-state index is 5.33. The Balaban J connectivity index is 0. The van der Waals surface area contributed by atoms with Gasteiger partial charge in [-0.05, 0) is 45.2 Å². The maximum Gasteiger partial charge on any atom is 0.0721 e. The lowest BCUT2D eigenvalue weighted by Crippen LogP contribution is -2.22. The van der Waals surface area contributed by atoms with Gasteiger partial charge in [-0.25, -0.2) is 0 Å². The molecule has 100 valence electrons. The summed E-state index contributed by atoms with van der Waals surface area (Å²) in [5.41, 5.74) is 7.72. The van der Waals surface area contributed by atoms with Crippen LogP contribution in [-0.2, 0) is 9.68 Å². The van der Waals surface area contributed by atoms with E-state index < -0.39 is 0 Å².